The number of hydrogen-bond acceptors (Lipinski definition) is 3. The van der Waals surface area contributed by atoms with E-state index in [1.54, 1.807) is 23.4 Å². The highest BCUT2D eigenvalue weighted by Gasteiger charge is 2.27. The third-order valence-corrected chi connectivity index (χ3v) is 3.40. The van der Waals surface area contributed by atoms with Gasteiger partial charge in [0.25, 0.3) is 5.91 Å². The molecular formula is C13H16N2O3. The second kappa shape index (κ2) is 5.16. The molecule has 0 spiro atoms. The Hall–Kier alpha value is -1.91. The van der Waals surface area contributed by atoms with E-state index in [0.717, 1.165) is 5.56 Å². The van der Waals surface area contributed by atoms with Crippen molar-refractivity contribution in [3.8, 4) is 0 Å². The maximum absolute atomic E-state index is 12.2. The van der Waals surface area contributed by atoms with E-state index in [1.807, 2.05) is 6.92 Å². The van der Waals surface area contributed by atoms with Crippen molar-refractivity contribution in [1.29, 1.82) is 0 Å². The Labute approximate surface area is 105 Å². The average Bonchev–Trinajstić information content (AvgIpc) is 2.38. The molecule has 18 heavy (non-hydrogen) atoms. The van der Waals surface area contributed by atoms with Gasteiger partial charge in [-0.3, -0.25) is 14.6 Å². The molecule has 0 radical (unpaired) electrons. The van der Waals surface area contributed by atoms with Gasteiger partial charge in [-0.25, -0.2) is 0 Å². The molecule has 1 aromatic rings. The van der Waals surface area contributed by atoms with Gasteiger partial charge in [0.1, 0.15) is 0 Å². The zero-order valence-electron chi connectivity index (χ0n) is 10.3. The first-order valence-electron chi connectivity index (χ1n) is 6.02. The molecule has 96 valence electrons. The summed E-state index contributed by atoms with van der Waals surface area (Å²) in [5.41, 5.74) is 1.50. The Kier molecular flexibility index (Phi) is 3.60. The van der Waals surface area contributed by atoms with Gasteiger partial charge in [0.05, 0.1) is 11.5 Å². The highest BCUT2D eigenvalue weighted by atomic mass is 16.4. The summed E-state index contributed by atoms with van der Waals surface area (Å²) in [5.74, 6) is -1.13. The van der Waals surface area contributed by atoms with Gasteiger partial charge in [0.15, 0.2) is 0 Å². The summed E-state index contributed by atoms with van der Waals surface area (Å²) in [5, 5.41) is 8.91. The van der Waals surface area contributed by atoms with E-state index < -0.39 is 5.97 Å². The molecule has 1 aliphatic rings. The van der Waals surface area contributed by atoms with E-state index in [2.05, 4.69) is 4.98 Å². The highest BCUT2D eigenvalue weighted by molar-refractivity contribution is 5.95. The molecule has 0 saturated carbocycles. The lowest BCUT2D eigenvalue weighted by Crippen LogP contribution is -2.40. The second-order valence-corrected chi connectivity index (χ2v) is 4.60. The van der Waals surface area contributed by atoms with Crippen LogP contribution in [0.4, 0.5) is 0 Å². The molecule has 5 heteroatoms. The summed E-state index contributed by atoms with van der Waals surface area (Å²) in [4.78, 5) is 28.8. The molecule has 2 rings (SSSR count). The van der Waals surface area contributed by atoms with E-state index in [0.29, 0.717) is 31.5 Å². The van der Waals surface area contributed by atoms with Crippen molar-refractivity contribution in [1.82, 2.24) is 9.88 Å². The number of hydrogen-bond donors (Lipinski definition) is 1. The van der Waals surface area contributed by atoms with Gasteiger partial charge in [0.2, 0.25) is 0 Å². The number of carboxylic acids is 1. The molecule has 2 heterocycles. The normalized spacial score (nSPS) is 16.6. The summed E-state index contributed by atoms with van der Waals surface area (Å²) >= 11 is 0. The lowest BCUT2D eigenvalue weighted by Gasteiger charge is -2.30. The monoisotopic (exact) mass is 248 g/mol. The molecular weight excluding hydrogens is 232 g/mol. The zero-order valence-corrected chi connectivity index (χ0v) is 10.3. The van der Waals surface area contributed by atoms with E-state index in [9.17, 15) is 9.59 Å². The lowest BCUT2D eigenvalue weighted by molar-refractivity contribution is -0.143. The minimum Gasteiger partial charge on any atom is -0.481 e. The molecule has 0 bridgehead atoms. The maximum atomic E-state index is 12.2. The fourth-order valence-electron chi connectivity index (χ4n) is 2.19. The average molecular weight is 248 g/mol. The number of piperidine rings is 1. The Balaban J connectivity index is 2.04. The van der Waals surface area contributed by atoms with E-state index in [-0.39, 0.29) is 11.8 Å². The van der Waals surface area contributed by atoms with Crippen LogP contribution in [-0.2, 0) is 4.79 Å². The fourth-order valence-corrected chi connectivity index (χ4v) is 2.19. The van der Waals surface area contributed by atoms with Crippen molar-refractivity contribution >= 4 is 11.9 Å². The second-order valence-electron chi connectivity index (χ2n) is 4.60. The number of carbonyl (C=O) groups excluding carboxylic acids is 1. The summed E-state index contributed by atoms with van der Waals surface area (Å²) in [7, 11) is 0. The Morgan fingerprint density at radius 1 is 1.39 bits per heavy atom. The van der Waals surface area contributed by atoms with Gasteiger partial charge in [-0.05, 0) is 31.4 Å². The first kappa shape index (κ1) is 12.5. The number of aryl methyl sites for hydroxylation is 1. The van der Waals surface area contributed by atoms with Crippen LogP contribution in [0.5, 0.6) is 0 Å². The molecule has 1 N–H and O–H groups in total. The molecule has 0 unspecified atom stereocenters. The van der Waals surface area contributed by atoms with Gasteiger partial charge in [-0.1, -0.05) is 0 Å². The third-order valence-electron chi connectivity index (χ3n) is 3.40. The van der Waals surface area contributed by atoms with Gasteiger partial charge in [0, 0.05) is 25.5 Å². The van der Waals surface area contributed by atoms with Gasteiger partial charge < -0.3 is 10.0 Å². The van der Waals surface area contributed by atoms with E-state index >= 15 is 0 Å². The van der Waals surface area contributed by atoms with Crippen molar-refractivity contribution in [3.05, 3.63) is 29.6 Å². The first-order chi connectivity index (χ1) is 8.59. The molecule has 1 fully saturated rings. The van der Waals surface area contributed by atoms with Gasteiger partial charge in [-0.2, -0.15) is 0 Å². The van der Waals surface area contributed by atoms with E-state index in [1.165, 1.54) is 0 Å². The molecule has 0 aliphatic carbocycles. The van der Waals surface area contributed by atoms with Crippen LogP contribution < -0.4 is 0 Å². The van der Waals surface area contributed by atoms with Crippen molar-refractivity contribution in [3.63, 3.8) is 0 Å². The predicted molar refractivity (Wildman–Crippen MR) is 65.2 cm³/mol. The zero-order chi connectivity index (χ0) is 13.1. The third kappa shape index (κ3) is 2.50. The number of carbonyl (C=O) groups is 2. The Bertz CT molecular complexity index is 465. The number of likely N-dealkylation sites (tertiary alicyclic amines) is 1. The number of amides is 1. The van der Waals surface area contributed by atoms with E-state index in [4.69, 9.17) is 5.11 Å². The van der Waals surface area contributed by atoms with Crippen LogP contribution in [0.15, 0.2) is 18.5 Å². The number of carboxylic acid groups (broad SMARTS) is 1. The Morgan fingerprint density at radius 3 is 2.61 bits per heavy atom. The van der Waals surface area contributed by atoms with Crippen LogP contribution in [0, 0.1) is 12.8 Å². The molecule has 1 aromatic heterocycles. The van der Waals surface area contributed by atoms with Crippen LogP contribution in [0.3, 0.4) is 0 Å². The standard InChI is InChI=1S/C13H16N2O3/c1-9-2-5-14-8-11(9)12(16)15-6-3-10(4-7-15)13(17)18/h2,5,8,10H,3-4,6-7H2,1H3,(H,17,18). The SMILES string of the molecule is Cc1ccncc1C(=O)N1CCC(C(=O)O)CC1. The van der Waals surface area contributed by atoms with Crippen molar-refractivity contribution < 1.29 is 14.7 Å². The van der Waals surface area contributed by atoms with Crippen LogP contribution in [-0.4, -0.2) is 40.0 Å². The molecule has 1 saturated heterocycles. The summed E-state index contributed by atoms with van der Waals surface area (Å²) in [6, 6.07) is 1.80. The molecule has 1 amide bonds. The quantitative estimate of drug-likeness (QED) is 0.857. The highest BCUT2D eigenvalue weighted by Crippen LogP contribution is 2.19. The smallest absolute Gasteiger partial charge is 0.306 e. The van der Waals surface area contributed by atoms with Crippen LogP contribution in [0.25, 0.3) is 0 Å². The molecule has 1 aliphatic heterocycles. The van der Waals surface area contributed by atoms with Crippen molar-refractivity contribution in [2.75, 3.05) is 13.1 Å². The number of nitrogens with zero attached hydrogens (tertiary/aromatic N) is 2. The van der Waals surface area contributed by atoms with Gasteiger partial charge >= 0.3 is 5.97 Å². The largest absolute Gasteiger partial charge is 0.481 e. The number of rotatable bonds is 2. The van der Waals surface area contributed by atoms with Crippen molar-refractivity contribution in [2.24, 2.45) is 5.92 Å². The minimum atomic E-state index is -0.764. The summed E-state index contributed by atoms with van der Waals surface area (Å²) < 4.78 is 0. The topological polar surface area (TPSA) is 70.5 Å². The van der Waals surface area contributed by atoms with Crippen LogP contribution in [0.2, 0.25) is 0 Å². The molecule has 5 nitrogen and oxygen atoms in total. The van der Waals surface area contributed by atoms with Crippen LogP contribution >= 0.6 is 0 Å². The Morgan fingerprint density at radius 2 is 2.06 bits per heavy atom. The number of aromatic nitrogens is 1. The number of aliphatic carboxylic acids is 1. The van der Waals surface area contributed by atoms with Crippen molar-refractivity contribution in [2.45, 2.75) is 19.8 Å². The fraction of sp³-hybridized carbons (Fsp3) is 0.462. The maximum Gasteiger partial charge on any atom is 0.306 e. The number of pyridine rings is 1. The first-order valence-corrected chi connectivity index (χ1v) is 6.02. The summed E-state index contributed by atoms with van der Waals surface area (Å²) in [6.45, 7) is 2.88. The summed E-state index contributed by atoms with van der Waals surface area (Å²) in [6.07, 6.45) is 4.28. The molecule has 0 atom stereocenters. The predicted octanol–water partition coefficient (Wildman–Crippen LogP) is 1.33. The lowest BCUT2D eigenvalue weighted by atomic mass is 9.96. The van der Waals surface area contributed by atoms with Crippen LogP contribution in [0.1, 0.15) is 28.8 Å². The van der Waals surface area contributed by atoms with Gasteiger partial charge in [-0.15, -0.1) is 0 Å². The molecule has 0 aromatic carbocycles. The minimum absolute atomic E-state index is 0.0514.